The average Bonchev–Trinajstić information content (AvgIpc) is 1.68. The lowest BCUT2D eigenvalue weighted by atomic mass is 10.3. The van der Waals surface area contributed by atoms with Gasteiger partial charge in [-0.3, -0.25) is 4.79 Å². The molecule has 2 nitrogen and oxygen atoms in total. The number of ketones is 1. The van der Waals surface area contributed by atoms with Crippen molar-refractivity contribution in [2.24, 2.45) is 0 Å². The minimum Gasteiger partial charge on any atom is -0.377 e. The van der Waals surface area contributed by atoms with Crippen LogP contribution in [0.2, 0.25) is 0 Å². The highest BCUT2D eigenvalue weighted by molar-refractivity contribution is 5.80. The number of allylic oxidation sites excluding steroid dienone is 1. The van der Waals surface area contributed by atoms with E-state index in [0.29, 0.717) is 6.42 Å². The fraction of sp³-hybridized carbons (Fsp3) is 0.500. The van der Waals surface area contributed by atoms with Gasteiger partial charge in [-0.1, -0.05) is 6.08 Å². The van der Waals surface area contributed by atoms with Crippen molar-refractivity contribution >= 4 is 5.78 Å². The number of rotatable bonds is 4. The highest BCUT2D eigenvalue weighted by Gasteiger charge is 1.93. The lowest BCUT2D eigenvalue weighted by molar-refractivity contribution is -0.121. The number of carbonyl (C=O) groups excluding carboxylic acids is 1. The number of carbonyl (C=O) groups is 1. The molecule has 8 heavy (non-hydrogen) atoms. The lowest BCUT2D eigenvalue weighted by Gasteiger charge is -1.90. The van der Waals surface area contributed by atoms with Crippen LogP contribution < -0.4 is 0 Å². The van der Waals surface area contributed by atoms with Crippen molar-refractivity contribution < 1.29 is 9.53 Å². The third-order valence-electron chi connectivity index (χ3n) is 0.677. The second-order valence-corrected chi connectivity index (χ2v) is 1.46. The fourth-order valence-electron chi connectivity index (χ4n) is 0.381. The Morgan fingerprint density at radius 2 is 2.50 bits per heavy atom. The van der Waals surface area contributed by atoms with Gasteiger partial charge in [-0.2, -0.15) is 0 Å². The van der Waals surface area contributed by atoms with Crippen molar-refractivity contribution in [2.45, 2.75) is 6.42 Å². The Hall–Kier alpha value is -0.630. The Morgan fingerprint density at radius 3 is 2.88 bits per heavy atom. The molecule has 0 rings (SSSR count). The summed E-state index contributed by atoms with van der Waals surface area (Å²) in [4.78, 5) is 10.4. The maximum absolute atomic E-state index is 10.4. The molecule has 0 aromatic heterocycles. The largest absolute Gasteiger partial charge is 0.377 e. The van der Waals surface area contributed by atoms with E-state index < -0.39 is 0 Å². The van der Waals surface area contributed by atoms with E-state index in [2.05, 4.69) is 11.3 Å². The zero-order valence-corrected chi connectivity index (χ0v) is 5.02. The summed E-state index contributed by atoms with van der Waals surface area (Å²) in [5.74, 6) is 0.0718. The van der Waals surface area contributed by atoms with Crippen molar-refractivity contribution in [2.75, 3.05) is 13.7 Å². The zero-order chi connectivity index (χ0) is 6.41. The van der Waals surface area contributed by atoms with Gasteiger partial charge in [-0.25, -0.2) is 0 Å². The van der Waals surface area contributed by atoms with Gasteiger partial charge in [-0.05, 0) is 0 Å². The minimum atomic E-state index is 0.0718. The molecule has 0 amide bonds. The van der Waals surface area contributed by atoms with Crippen molar-refractivity contribution in [3.8, 4) is 0 Å². The zero-order valence-electron chi connectivity index (χ0n) is 5.02. The van der Waals surface area contributed by atoms with E-state index in [0.717, 1.165) is 0 Å². The molecule has 0 atom stereocenters. The normalized spacial score (nSPS) is 8.62. The summed E-state index contributed by atoms with van der Waals surface area (Å²) < 4.78 is 4.56. The molecule has 0 radical (unpaired) electrons. The van der Waals surface area contributed by atoms with E-state index in [1.54, 1.807) is 6.08 Å². The van der Waals surface area contributed by atoms with Gasteiger partial charge in [0.2, 0.25) is 0 Å². The molecule has 0 saturated heterocycles. The maximum Gasteiger partial charge on any atom is 0.162 e. The molecule has 2 heteroatoms. The van der Waals surface area contributed by atoms with Crippen molar-refractivity contribution in [1.29, 1.82) is 0 Å². The Balaban J connectivity index is 3.18. The molecule has 0 saturated carbocycles. The van der Waals surface area contributed by atoms with E-state index in [-0.39, 0.29) is 12.4 Å². The van der Waals surface area contributed by atoms with Crippen molar-refractivity contribution in [3.05, 3.63) is 12.7 Å². The SMILES string of the molecule is C=CCC(=O)COC. The molecule has 0 aliphatic carbocycles. The smallest absolute Gasteiger partial charge is 0.162 e. The van der Waals surface area contributed by atoms with E-state index in [4.69, 9.17) is 0 Å². The first-order valence-electron chi connectivity index (χ1n) is 2.42. The Bertz CT molecular complexity index is 86.5. The van der Waals surface area contributed by atoms with Crippen LogP contribution in [0.15, 0.2) is 12.7 Å². The molecule has 0 spiro atoms. The number of ether oxygens (including phenoxy) is 1. The number of Topliss-reactive ketones (excluding diaryl/α,β-unsaturated/α-hetero) is 1. The summed E-state index contributed by atoms with van der Waals surface area (Å²) in [5.41, 5.74) is 0. The molecular formula is C6H10O2. The number of methoxy groups -OCH3 is 1. The van der Waals surface area contributed by atoms with Gasteiger partial charge in [0.15, 0.2) is 5.78 Å². The molecule has 0 aromatic carbocycles. The quantitative estimate of drug-likeness (QED) is 0.505. The molecule has 0 aliphatic heterocycles. The molecular weight excluding hydrogens is 104 g/mol. The molecule has 0 aliphatic rings. The van der Waals surface area contributed by atoms with Gasteiger partial charge < -0.3 is 4.74 Å². The predicted octanol–water partition coefficient (Wildman–Crippen LogP) is 0.778. The van der Waals surface area contributed by atoms with Gasteiger partial charge in [0.05, 0.1) is 0 Å². The standard InChI is InChI=1S/C6H10O2/c1-3-4-6(7)5-8-2/h3H,1,4-5H2,2H3. The molecule has 0 fully saturated rings. The van der Waals surface area contributed by atoms with Crippen LogP contribution in [0.4, 0.5) is 0 Å². The van der Waals surface area contributed by atoms with Crippen LogP contribution in [-0.4, -0.2) is 19.5 Å². The van der Waals surface area contributed by atoms with E-state index in [9.17, 15) is 4.79 Å². The lowest BCUT2D eigenvalue weighted by Crippen LogP contribution is -2.03. The molecule has 0 unspecified atom stereocenters. The fourth-order valence-corrected chi connectivity index (χ4v) is 0.381. The first kappa shape index (κ1) is 7.37. The monoisotopic (exact) mass is 114 g/mol. The molecule has 0 heterocycles. The topological polar surface area (TPSA) is 26.3 Å². The highest BCUT2D eigenvalue weighted by Crippen LogP contribution is 1.82. The van der Waals surface area contributed by atoms with Gasteiger partial charge >= 0.3 is 0 Å². The van der Waals surface area contributed by atoms with Crippen LogP contribution in [0.3, 0.4) is 0 Å². The van der Waals surface area contributed by atoms with Gasteiger partial charge in [-0.15, -0.1) is 6.58 Å². The van der Waals surface area contributed by atoms with E-state index >= 15 is 0 Å². The molecule has 0 aromatic rings. The summed E-state index contributed by atoms with van der Waals surface area (Å²) in [6.45, 7) is 3.61. The van der Waals surface area contributed by atoms with Gasteiger partial charge in [0.25, 0.3) is 0 Å². The first-order valence-corrected chi connectivity index (χ1v) is 2.42. The van der Waals surface area contributed by atoms with E-state index in [1.165, 1.54) is 7.11 Å². The predicted molar refractivity (Wildman–Crippen MR) is 31.7 cm³/mol. The third-order valence-corrected chi connectivity index (χ3v) is 0.677. The van der Waals surface area contributed by atoms with Crippen LogP contribution >= 0.6 is 0 Å². The van der Waals surface area contributed by atoms with Crippen LogP contribution in [0.25, 0.3) is 0 Å². The van der Waals surface area contributed by atoms with Crippen molar-refractivity contribution in [1.82, 2.24) is 0 Å². The van der Waals surface area contributed by atoms with Gasteiger partial charge in [0.1, 0.15) is 6.61 Å². The number of hydrogen-bond acceptors (Lipinski definition) is 2. The summed E-state index contributed by atoms with van der Waals surface area (Å²) in [6, 6.07) is 0. The highest BCUT2D eigenvalue weighted by atomic mass is 16.5. The van der Waals surface area contributed by atoms with Gasteiger partial charge in [0, 0.05) is 13.5 Å². The van der Waals surface area contributed by atoms with Crippen molar-refractivity contribution in [3.63, 3.8) is 0 Å². The second kappa shape index (κ2) is 4.53. The Labute approximate surface area is 49.1 Å². The summed E-state index contributed by atoms with van der Waals surface area (Å²) >= 11 is 0. The summed E-state index contributed by atoms with van der Waals surface area (Å²) in [6.07, 6.45) is 1.98. The summed E-state index contributed by atoms with van der Waals surface area (Å²) in [5, 5.41) is 0. The minimum absolute atomic E-state index is 0.0718. The third kappa shape index (κ3) is 3.56. The molecule has 46 valence electrons. The van der Waals surface area contributed by atoms with Crippen LogP contribution in [0.5, 0.6) is 0 Å². The summed E-state index contributed by atoms with van der Waals surface area (Å²) in [7, 11) is 1.50. The first-order chi connectivity index (χ1) is 3.81. The Morgan fingerprint density at radius 1 is 1.88 bits per heavy atom. The maximum atomic E-state index is 10.4. The van der Waals surface area contributed by atoms with E-state index in [1.807, 2.05) is 0 Å². The van der Waals surface area contributed by atoms with Crippen LogP contribution in [0.1, 0.15) is 6.42 Å². The Kier molecular flexibility index (Phi) is 4.17. The molecule has 0 N–H and O–H groups in total. The van der Waals surface area contributed by atoms with Crippen LogP contribution in [0, 0.1) is 0 Å². The van der Waals surface area contributed by atoms with Crippen LogP contribution in [-0.2, 0) is 9.53 Å². The number of hydrogen-bond donors (Lipinski definition) is 0. The molecule has 0 bridgehead atoms. The second-order valence-electron chi connectivity index (χ2n) is 1.46. The average molecular weight is 114 g/mol.